The van der Waals surface area contributed by atoms with E-state index in [2.05, 4.69) is 47.0 Å². The third-order valence-electron chi connectivity index (χ3n) is 5.01. The van der Waals surface area contributed by atoms with E-state index >= 15 is 0 Å². The first kappa shape index (κ1) is 22.4. The van der Waals surface area contributed by atoms with Crippen molar-refractivity contribution in [3.05, 3.63) is 48.0 Å². The largest absolute Gasteiger partial charge is 0.361 e. The van der Waals surface area contributed by atoms with Crippen LogP contribution in [0.1, 0.15) is 76.7 Å². The van der Waals surface area contributed by atoms with Crippen LogP contribution in [0, 0.1) is 0 Å². The maximum Gasteiger partial charge on any atom is 0.186 e. The molecule has 0 aliphatic rings. The number of hydrazone groups is 1. The second kappa shape index (κ2) is 14.1. The molecule has 0 aliphatic carbocycles. The molecule has 0 spiro atoms. The van der Waals surface area contributed by atoms with Gasteiger partial charge >= 0.3 is 0 Å². The summed E-state index contributed by atoms with van der Waals surface area (Å²) in [6.45, 7) is 3.18. The lowest BCUT2D eigenvalue weighted by Crippen LogP contribution is -2.32. The first-order valence-corrected chi connectivity index (χ1v) is 11.3. The summed E-state index contributed by atoms with van der Waals surface area (Å²) >= 11 is 5.30. The van der Waals surface area contributed by atoms with Crippen molar-refractivity contribution in [3.8, 4) is 0 Å². The zero-order chi connectivity index (χ0) is 19.9. The van der Waals surface area contributed by atoms with Crippen LogP contribution in [0.2, 0.25) is 0 Å². The molecule has 0 amide bonds. The molecule has 2 N–H and O–H groups in total. The minimum atomic E-state index is 0.590. The summed E-state index contributed by atoms with van der Waals surface area (Å²) in [4.78, 5) is 0. The van der Waals surface area contributed by atoms with Gasteiger partial charge in [-0.05, 0) is 29.4 Å². The van der Waals surface area contributed by atoms with Gasteiger partial charge in [0, 0.05) is 12.1 Å². The van der Waals surface area contributed by atoms with Crippen LogP contribution in [-0.4, -0.2) is 17.9 Å². The van der Waals surface area contributed by atoms with Crippen LogP contribution in [0.3, 0.4) is 0 Å². The molecule has 0 atom stereocenters. The van der Waals surface area contributed by atoms with Gasteiger partial charge in [0.15, 0.2) is 5.11 Å². The molecule has 2 aromatic rings. The predicted octanol–water partition coefficient (Wildman–Crippen LogP) is 6.56. The number of nitrogens with one attached hydrogen (secondary N) is 2. The van der Waals surface area contributed by atoms with Gasteiger partial charge in [0.1, 0.15) is 0 Å². The number of benzene rings is 2. The topological polar surface area (TPSA) is 36.4 Å². The maximum absolute atomic E-state index is 5.30. The smallest absolute Gasteiger partial charge is 0.186 e. The number of rotatable bonds is 13. The van der Waals surface area contributed by atoms with Gasteiger partial charge in [0.25, 0.3) is 0 Å². The normalized spacial score (nSPS) is 11.2. The molecule has 0 aromatic heterocycles. The van der Waals surface area contributed by atoms with E-state index in [1.165, 1.54) is 68.6 Å². The van der Waals surface area contributed by atoms with Crippen LogP contribution in [0.25, 0.3) is 10.8 Å². The van der Waals surface area contributed by atoms with Gasteiger partial charge in [-0.2, -0.15) is 5.10 Å². The molecule has 0 aliphatic heterocycles. The van der Waals surface area contributed by atoms with Crippen molar-refractivity contribution >= 4 is 34.3 Å². The first-order valence-electron chi connectivity index (χ1n) is 10.9. The minimum absolute atomic E-state index is 0.590. The third kappa shape index (κ3) is 8.83. The Kier molecular flexibility index (Phi) is 11.3. The Labute approximate surface area is 176 Å². The van der Waals surface area contributed by atoms with Crippen LogP contribution in [0.5, 0.6) is 0 Å². The number of unbranched alkanes of at least 4 members (excludes halogenated alkanes) is 9. The van der Waals surface area contributed by atoms with Crippen molar-refractivity contribution in [2.75, 3.05) is 6.54 Å². The third-order valence-corrected chi connectivity index (χ3v) is 5.24. The zero-order valence-corrected chi connectivity index (χ0v) is 18.1. The highest BCUT2D eigenvalue weighted by atomic mass is 32.1. The Balaban J connectivity index is 1.53. The Morgan fingerprint density at radius 1 is 0.857 bits per heavy atom. The van der Waals surface area contributed by atoms with Gasteiger partial charge in [-0.15, -0.1) is 0 Å². The molecule has 3 nitrogen and oxygen atoms in total. The van der Waals surface area contributed by atoms with Gasteiger partial charge < -0.3 is 5.32 Å². The Hall–Kier alpha value is -1.94. The fourth-order valence-corrected chi connectivity index (χ4v) is 3.53. The Morgan fingerprint density at radius 2 is 1.50 bits per heavy atom. The highest BCUT2D eigenvalue weighted by Crippen LogP contribution is 2.16. The van der Waals surface area contributed by atoms with Gasteiger partial charge in [-0.1, -0.05) is 107 Å². The number of hydrogen-bond donors (Lipinski definition) is 2. The molecule has 0 bridgehead atoms. The number of thiocarbonyl (C=S) groups is 1. The van der Waals surface area contributed by atoms with Crippen molar-refractivity contribution < 1.29 is 0 Å². The van der Waals surface area contributed by atoms with E-state index in [0.717, 1.165) is 18.5 Å². The first-order chi connectivity index (χ1) is 13.8. The van der Waals surface area contributed by atoms with Gasteiger partial charge in [-0.25, -0.2) is 0 Å². The van der Waals surface area contributed by atoms with Crippen LogP contribution in [-0.2, 0) is 0 Å². The number of fused-ring (bicyclic) bond motifs is 1. The molecule has 0 saturated heterocycles. The monoisotopic (exact) mass is 397 g/mol. The summed E-state index contributed by atoms with van der Waals surface area (Å²) in [6.07, 6.45) is 15.3. The molecule has 28 heavy (non-hydrogen) atoms. The van der Waals surface area contributed by atoms with Crippen molar-refractivity contribution in [2.45, 2.75) is 71.1 Å². The van der Waals surface area contributed by atoms with E-state index in [0.29, 0.717) is 5.11 Å². The molecule has 152 valence electrons. The Morgan fingerprint density at radius 3 is 2.25 bits per heavy atom. The minimum Gasteiger partial charge on any atom is -0.361 e. The Bertz CT molecular complexity index is 721. The molecule has 0 heterocycles. The second-order valence-electron chi connectivity index (χ2n) is 7.38. The quantitative estimate of drug-likeness (QED) is 0.174. The van der Waals surface area contributed by atoms with E-state index in [-0.39, 0.29) is 0 Å². The van der Waals surface area contributed by atoms with Crippen molar-refractivity contribution in [1.82, 2.24) is 10.7 Å². The lowest BCUT2D eigenvalue weighted by atomic mass is 10.1. The van der Waals surface area contributed by atoms with Gasteiger partial charge in [0.2, 0.25) is 0 Å². The summed E-state index contributed by atoms with van der Waals surface area (Å²) in [5.74, 6) is 0. The molecular weight excluding hydrogens is 362 g/mol. The molecule has 0 unspecified atom stereocenters. The average molecular weight is 398 g/mol. The van der Waals surface area contributed by atoms with Gasteiger partial charge in [-0.3, -0.25) is 5.43 Å². The molecular formula is C24H35N3S. The van der Waals surface area contributed by atoms with E-state index in [9.17, 15) is 0 Å². The number of hydrogen-bond acceptors (Lipinski definition) is 2. The second-order valence-corrected chi connectivity index (χ2v) is 7.78. The summed E-state index contributed by atoms with van der Waals surface area (Å²) in [5, 5.41) is 10.5. The van der Waals surface area contributed by atoms with Crippen molar-refractivity contribution in [1.29, 1.82) is 0 Å². The van der Waals surface area contributed by atoms with Crippen LogP contribution in [0.15, 0.2) is 47.6 Å². The SMILES string of the molecule is CCCCCCCCCCCCNC(=S)N/N=C/c1cccc2ccccc12. The van der Waals surface area contributed by atoms with Crippen LogP contribution >= 0.6 is 12.2 Å². The maximum atomic E-state index is 5.30. The van der Waals surface area contributed by atoms with Gasteiger partial charge in [0.05, 0.1) is 6.21 Å². The molecule has 4 heteroatoms. The number of nitrogens with zero attached hydrogens (tertiary/aromatic N) is 1. The average Bonchev–Trinajstić information content (AvgIpc) is 2.72. The molecule has 2 rings (SSSR count). The lowest BCUT2D eigenvalue weighted by molar-refractivity contribution is 0.554. The molecule has 2 aromatic carbocycles. The molecule has 0 fully saturated rings. The van der Waals surface area contributed by atoms with Crippen LogP contribution in [0.4, 0.5) is 0 Å². The van der Waals surface area contributed by atoms with Crippen LogP contribution < -0.4 is 10.7 Å². The zero-order valence-electron chi connectivity index (χ0n) is 17.3. The summed E-state index contributed by atoms with van der Waals surface area (Å²) < 4.78 is 0. The lowest BCUT2D eigenvalue weighted by Gasteiger charge is -2.07. The molecule has 0 radical (unpaired) electrons. The predicted molar refractivity (Wildman–Crippen MR) is 127 cm³/mol. The summed E-state index contributed by atoms with van der Waals surface area (Å²) in [5.41, 5.74) is 4.01. The highest BCUT2D eigenvalue weighted by Gasteiger charge is 1.98. The van der Waals surface area contributed by atoms with E-state index in [1.54, 1.807) is 0 Å². The summed E-state index contributed by atoms with van der Waals surface area (Å²) in [7, 11) is 0. The van der Waals surface area contributed by atoms with Crippen molar-refractivity contribution in [2.24, 2.45) is 5.10 Å². The van der Waals surface area contributed by atoms with Crippen molar-refractivity contribution in [3.63, 3.8) is 0 Å². The fourth-order valence-electron chi connectivity index (χ4n) is 3.38. The van der Waals surface area contributed by atoms with E-state index in [1.807, 2.05) is 24.4 Å². The molecule has 0 saturated carbocycles. The fraction of sp³-hybridized carbons (Fsp3) is 0.500. The van der Waals surface area contributed by atoms with E-state index < -0.39 is 0 Å². The van der Waals surface area contributed by atoms with E-state index in [4.69, 9.17) is 12.2 Å². The highest BCUT2D eigenvalue weighted by molar-refractivity contribution is 7.80. The summed E-state index contributed by atoms with van der Waals surface area (Å²) in [6, 6.07) is 14.5. The standard InChI is InChI=1S/C24H35N3S/c1-2-3-4-5-6-7-8-9-10-13-19-25-24(28)27-26-20-22-17-14-16-21-15-11-12-18-23(21)22/h11-12,14-18,20H,2-10,13,19H2,1H3,(H2,25,27,28)/b26-20+.